The fourth-order valence-corrected chi connectivity index (χ4v) is 6.34. The Hall–Kier alpha value is -2.95. The van der Waals surface area contributed by atoms with Crippen LogP contribution in [0.4, 0.5) is 0 Å². The van der Waals surface area contributed by atoms with Crippen molar-refractivity contribution < 1.29 is 43.9 Å². The second-order valence-electron chi connectivity index (χ2n) is 9.52. The third-order valence-corrected chi connectivity index (χ3v) is 7.79. The summed E-state index contributed by atoms with van der Waals surface area (Å²) in [6, 6.07) is 3.61. The lowest BCUT2D eigenvalue weighted by atomic mass is 9.50. The number of carboxylic acid groups (broad SMARTS) is 1. The Labute approximate surface area is 195 Å². The van der Waals surface area contributed by atoms with Crippen LogP contribution in [0.15, 0.2) is 24.0 Å². The fourth-order valence-electron chi connectivity index (χ4n) is 6.34. The van der Waals surface area contributed by atoms with E-state index in [-0.39, 0.29) is 24.8 Å². The normalized spacial score (nSPS) is 31.6. The highest BCUT2D eigenvalue weighted by atomic mass is 16.6. The van der Waals surface area contributed by atoms with Gasteiger partial charge < -0.3 is 34.4 Å². The van der Waals surface area contributed by atoms with E-state index in [2.05, 4.69) is 4.90 Å². The van der Waals surface area contributed by atoms with Crippen LogP contribution in [0.5, 0.6) is 5.75 Å². The molecule has 2 bridgehead atoms. The lowest BCUT2D eigenvalue weighted by molar-refractivity contribution is -0.173. The molecule has 10 heteroatoms. The van der Waals surface area contributed by atoms with Gasteiger partial charge in [-0.3, -0.25) is 9.59 Å². The number of esters is 2. The van der Waals surface area contributed by atoms with Crippen LogP contribution in [-0.2, 0) is 42.3 Å². The molecule has 0 unspecified atom stereocenters. The van der Waals surface area contributed by atoms with Crippen LogP contribution in [0, 0.1) is 0 Å². The Balaban J connectivity index is 1.52. The summed E-state index contributed by atoms with van der Waals surface area (Å²) in [6.07, 6.45) is -0.114. The van der Waals surface area contributed by atoms with Gasteiger partial charge in [-0.05, 0) is 38.1 Å². The van der Waals surface area contributed by atoms with E-state index in [9.17, 15) is 29.7 Å². The first-order valence-corrected chi connectivity index (χ1v) is 11.3. The molecular formula is C24H27NO9. The summed E-state index contributed by atoms with van der Waals surface area (Å²) in [5.41, 5.74) is 0.442. The summed E-state index contributed by atoms with van der Waals surface area (Å²) in [5, 5.41) is 31.3. The van der Waals surface area contributed by atoms with Gasteiger partial charge in [0.1, 0.15) is 11.5 Å². The highest BCUT2D eigenvalue weighted by Gasteiger charge is 2.71. The predicted molar refractivity (Wildman–Crippen MR) is 115 cm³/mol. The van der Waals surface area contributed by atoms with Gasteiger partial charge in [-0.15, -0.1) is 0 Å². The van der Waals surface area contributed by atoms with E-state index < -0.39 is 47.6 Å². The minimum Gasteiger partial charge on any atom is -0.481 e. The zero-order valence-corrected chi connectivity index (χ0v) is 18.9. The molecule has 34 heavy (non-hydrogen) atoms. The molecule has 0 aromatic heterocycles. The van der Waals surface area contributed by atoms with Gasteiger partial charge in [0.15, 0.2) is 6.10 Å². The standard InChI is InChI=1S/C24H27NO9/c1-12(27)32-16(22(29)30)10-18(28)33-15-5-6-24(31)17-9-13-3-4-14(11-26)20-19(13)23(24,21(15)34-20)7-8-25(17)2/h3-5,16-17,21,26,31H,6-11H2,1-2H3,(H,29,30)/t16-,17+,21-,23-,24+/m0/s1. The molecular weight excluding hydrogens is 446 g/mol. The average molecular weight is 473 g/mol. The van der Waals surface area contributed by atoms with Crippen LogP contribution in [0.2, 0.25) is 0 Å². The molecule has 2 heterocycles. The van der Waals surface area contributed by atoms with E-state index in [1.165, 1.54) is 0 Å². The maximum atomic E-state index is 12.7. The number of carboxylic acids is 1. The molecule has 3 N–H and O–H groups in total. The number of nitrogens with zero attached hydrogens (tertiary/aromatic N) is 1. The Kier molecular flexibility index (Phi) is 5.23. The first-order valence-electron chi connectivity index (χ1n) is 11.3. The van der Waals surface area contributed by atoms with Gasteiger partial charge in [0.25, 0.3) is 0 Å². The monoisotopic (exact) mass is 473 g/mol. The minimum absolute atomic E-state index is 0.167. The predicted octanol–water partition coefficient (Wildman–Crippen LogP) is 0.406. The highest BCUT2D eigenvalue weighted by Crippen LogP contribution is 2.64. The maximum Gasteiger partial charge on any atom is 0.345 e. The first kappa shape index (κ1) is 22.8. The molecule has 0 radical (unpaired) electrons. The number of carbonyl (C=O) groups is 3. The third kappa shape index (κ3) is 3.02. The third-order valence-electron chi connectivity index (χ3n) is 7.79. The number of aliphatic carboxylic acids is 1. The van der Waals surface area contributed by atoms with Gasteiger partial charge in [-0.25, -0.2) is 4.79 Å². The van der Waals surface area contributed by atoms with E-state index in [0.29, 0.717) is 30.7 Å². The molecule has 5 atom stereocenters. The van der Waals surface area contributed by atoms with Crippen LogP contribution in [-0.4, -0.2) is 75.6 Å². The summed E-state index contributed by atoms with van der Waals surface area (Å²) in [5.74, 6) is -2.45. The fraction of sp³-hybridized carbons (Fsp3) is 0.542. The van der Waals surface area contributed by atoms with Gasteiger partial charge in [0, 0.05) is 30.5 Å². The summed E-state index contributed by atoms with van der Waals surface area (Å²) >= 11 is 0. The molecule has 0 amide bonds. The number of rotatable bonds is 6. The van der Waals surface area contributed by atoms with Crippen LogP contribution >= 0.6 is 0 Å². The van der Waals surface area contributed by atoms with Crippen LogP contribution in [0.1, 0.15) is 42.9 Å². The van der Waals surface area contributed by atoms with Crippen molar-refractivity contribution in [2.45, 2.75) is 68.5 Å². The number of aliphatic hydroxyl groups is 2. The molecule has 2 aliphatic carbocycles. The number of hydrogen-bond acceptors (Lipinski definition) is 9. The van der Waals surface area contributed by atoms with Crippen molar-refractivity contribution >= 4 is 17.9 Å². The van der Waals surface area contributed by atoms with E-state index in [1.807, 2.05) is 19.2 Å². The van der Waals surface area contributed by atoms with Gasteiger partial charge in [0.2, 0.25) is 6.10 Å². The molecule has 10 nitrogen and oxygen atoms in total. The lowest BCUT2D eigenvalue weighted by Gasteiger charge is -2.61. The maximum absolute atomic E-state index is 12.7. The van der Waals surface area contributed by atoms with Crippen molar-refractivity contribution in [3.05, 3.63) is 40.7 Å². The molecule has 5 rings (SSSR count). The van der Waals surface area contributed by atoms with Gasteiger partial charge in [-0.2, -0.15) is 0 Å². The summed E-state index contributed by atoms with van der Waals surface area (Å²) in [7, 11) is 1.98. The van der Waals surface area contributed by atoms with Crippen molar-refractivity contribution in [1.82, 2.24) is 4.90 Å². The zero-order chi connectivity index (χ0) is 24.4. The van der Waals surface area contributed by atoms with Gasteiger partial charge in [-0.1, -0.05) is 12.1 Å². The molecule has 0 saturated carbocycles. The van der Waals surface area contributed by atoms with E-state index in [0.717, 1.165) is 18.1 Å². The van der Waals surface area contributed by atoms with Gasteiger partial charge >= 0.3 is 17.9 Å². The number of hydrogen-bond donors (Lipinski definition) is 3. The Morgan fingerprint density at radius 3 is 2.76 bits per heavy atom. The quantitative estimate of drug-likeness (QED) is 0.497. The SMILES string of the molecule is CC(=O)O[C@@H](CC(=O)OC1=CC[C@@]2(O)[C@H]3Cc4ccc(CO)c5c4[C@@]2(CCN3C)[C@H]1O5)C(=O)O. The Morgan fingerprint density at radius 2 is 2.09 bits per heavy atom. The number of piperidine rings is 1. The number of aliphatic hydroxyl groups excluding tert-OH is 1. The van der Waals surface area contributed by atoms with Crippen LogP contribution in [0.25, 0.3) is 0 Å². The van der Waals surface area contributed by atoms with Crippen molar-refractivity contribution in [3.8, 4) is 5.75 Å². The number of benzene rings is 1. The second kappa shape index (κ2) is 7.79. The average Bonchev–Trinajstić information content (AvgIpc) is 3.13. The van der Waals surface area contributed by atoms with Crippen LogP contribution < -0.4 is 4.74 Å². The lowest BCUT2D eigenvalue weighted by Crippen LogP contribution is -2.74. The molecule has 1 fully saturated rings. The van der Waals surface area contributed by atoms with Gasteiger partial charge in [0.05, 0.1) is 24.0 Å². The Morgan fingerprint density at radius 1 is 1.32 bits per heavy atom. The minimum atomic E-state index is -1.67. The summed E-state index contributed by atoms with van der Waals surface area (Å²) < 4.78 is 16.7. The molecule has 2 aliphatic heterocycles. The zero-order valence-electron chi connectivity index (χ0n) is 18.9. The first-order chi connectivity index (χ1) is 16.1. The number of carbonyl (C=O) groups excluding carboxylic acids is 2. The molecule has 1 aromatic carbocycles. The summed E-state index contributed by atoms with van der Waals surface area (Å²) in [6.45, 7) is 1.52. The number of ether oxygens (including phenoxy) is 3. The highest BCUT2D eigenvalue weighted by molar-refractivity contribution is 5.83. The number of likely N-dealkylation sites (N-methyl/N-ethyl adjacent to an activating group) is 1. The van der Waals surface area contributed by atoms with E-state index in [1.54, 1.807) is 6.08 Å². The molecule has 1 spiro atoms. The van der Waals surface area contributed by atoms with E-state index in [4.69, 9.17) is 14.2 Å². The Bertz CT molecular complexity index is 1110. The molecule has 1 aromatic rings. The van der Waals surface area contributed by atoms with Crippen molar-refractivity contribution in [3.63, 3.8) is 0 Å². The largest absolute Gasteiger partial charge is 0.481 e. The molecule has 4 aliphatic rings. The number of likely N-dealkylation sites (tertiary alicyclic amines) is 1. The second-order valence-corrected chi connectivity index (χ2v) is 9.52. The van der Waals surface area contributed by atoms with Crippen molar-refractivity contribution in [2.24, 2.45) is 0 Å². The van der Waals surface area contributed by atoms with Crippen LogP contribution in [0.3, 0.4) is 0 Å². The van der Waals surface area contributed by atoms with E-state index >= 15 is 0 Å². The van der Waals surface area contributed by atoms with Crippen molar-refractivity contribution in [2.75, 3.05) is 13.6 Å². The summed E-state index contributed by atoms with van der Waals surface area (Å²) in [4.78, 5) is 37.4. The molecule has 1 saturated heterocycles. The molecule has 182 valence electrons. The topological polar surface area (TPSA) is 143 Å². The van der Waals surface area contributed by atoms with Crippen molar-refractivity contribution in [1.29, 1.82) is 0 Å². The smallest absolute Gasteiger partial charge is 0.345 e.